The monoisotopic (exact) mass is 245 g/mol. The van der Waals surface area contributed by atoms with Gasteiger partial charge in [-0.05, 0) is 18.7 Å². The van der Waals surface area contributed by atoms with Gasteiger partial charge in [0.2, 0.25) is 0 Å². The number of thioether (sulfide) groups is 1. The van der Waals surface area contributed by atoms with E-state index in [4.69, 9.17) is 17.3 Å². The standard InChI is InChI=1S/C10H16ClN3S/c1-7(15-2)3-4-13-10-9(11)5-8(12)6-14-10/h5-7H,3-4,12H2,1-2H3,(H,13,14). The summed E-state index contributed by atoms with van der Waals surface area (Å²) in [6, 6.07) is 1.70. The Labute approximate surface area is 99.8 Å². The molecule has 1 unspecified atom stereocenters. The second kappa shape index (κ2) is 6.08. The van der Waals surface area contributed by atoms with Crippen molar-refractivity contribution < 1.29 is 0 Å². The first-order chi connectivity index (χ1) is 7.13. The van der Waals surface area contributed by atoms with Crippen LogP contribution in [0.15, 0.2) is 12.3 Å². The van der Waals surface area contributed by atoms with Crippen molar-refractivity contribution >= 4 is 34.9 Å². The Kier molecular flexibility index (Phi) is 5.05. The minimum atomic E-state index is 0.576. The second-order valence-corrected chi connectivity index (χ2v) is 5.04. The predicted molar refractivity (Wildman–Crippen MR) is 69.7 cm³/mol. The van der Waals surface area contributed by atoms with E-state index < -0.39 is 0 Å². The molecule has 0 aliphatic heterocycles. The third-order valence-electron chi connectivity index (χ3n) is 2.11. The number of nitrogens with two attached hydrogens (primary N) is 1. The zero-order chi connectivity index (χ0) is 11.3. The Hall–Kier alpha value is -0.610. The van der Waals surface area contributed by atoms with E-state index in [-0.39, 0.29) is 0 Å². The first-order valence-corrected chi connectivity index (χ1v) is 6.47. The zero-order valence-corrected chi connectivity index (χ0v) is 10.5. The quantitative estimate of drug-likeness (QED) is 0.838. The summed E-state index contributed by atoms with van der Waals surface area (Å²) < 4.78 is 0. The van der Waals surface area contributed by atoms with Gasteiger partial charge < -0.3 is 11.1 Å². The van der Waals surface area contributed by atoms with Gasteiger partial charge in [0.1, 0.15) is 5.82 Å². The van der Waals surface area contributed by atoms with Gasteiger partial charge in [-0.15, -0.1) is 0 Å². The van der Waals surface area contributed by atoms with E-state index in [1.54, 1.807) is 12.3 Å². The summed E-state index contributed by atoms with van der Waals surface area (Å²) in [7, 11) is 0. The highest BCUT2D eigenvalue weighted by atomic mass is 35.5. The van der Waals surface area contributed by atoms with Gasteiger partial charge in [-0.25, -0.2) is 4.98 Å². The zero-order valence-electron chi connectivity index (χ0n) is 8.96. The average molecular weight is 246 g/mol. The number of halogens is 1. The number of nitrogens with one attached hydrogen (secondary N) is 1. The lowest BCUT2D eigenvalue weighted by atomic mass is 10.3. The van der Waals surface area contributed by atoms with Crippen LogP contribution in [0.3, 0.4) is 0 Å². The molecule has 3 nitrogen and oxygen atoms in total. The number of nitrogens with zero attached hydrogens (tertiary/aromatic N) is 1. The van der Waals surface area contributed by atoms with Crippen molar-refractivity contribution in [1.29, 1.82) is 0 Å². The van der Waals surface area contributed by atoms with Gasteiger partial charge in [0.25, 0.3) is 0 Å². The first kappa shape index (κ1) is 12.5. The molecule has 3 N–H and O–H groups in total. The fraction of sp³-hybridized carbons (Fsp3) is 0.500. The molecule has 0 spiro atoms. The van der Waals surface area contributed by atoms with Crippen molar-refractivity contribution in [2.75, 3.05) is 23.9 Å². The highest BCUT2D eigenvalue weighted by Crippen LogP contribution is 2.21. The molecular formula is C10H16ClN3S. The average Bonchev–Trinajstić information content (AvgIpc) is 2.21. The Morgan fingerprint density at radius 1 is 1.67 bits per heavy atom. The maximum Gasteiger partial charge on any atom is 0.144 e. The maximum absolute atomic E-state index is 5.97. The van der Waals surface area contributed by atoms with E-state index in [9.17, 15) is 0 Å². The van der Waals surface area contributed by atoms with Crippen LogP contribution in [0.4, 0.5) is 11.5 Å². The molecule has 5 heteroatoms. The summed E-state index contributed by atoms with van der Waals surface area (Å²) in [4.78, 5) is 4.13. The summed E-state index contributed by atoms with van der Waals surface area (Å²) in [6.07, 6.45) is 4.80. The highest BCUT2D eigenvalue weighted by Gasteiger charge is 2.03. The lowest BCUT2D eigenvalue weighted by Gasteiger charge is -2.10. The summed E-state index contributed by atoms with van der Waals surface area (Å²) in [5.74, 6) is 0.708. The van der Waals surface area contributed by atoms with Gasteiger partial charge in [0, 0.05) is 11.8 Å². The lowest BCUT2D eigenvalue weighted by molar-refractivity contribution is 0.850. The first-order valence-electron chi connectivity index (χ1n) is 4.81. The molecule has 84 valence electrons. The number of hydrogen-bond acceptors (Lipinski definition) is 4. The van der Waals surface area contributed by atoms with Gasteiger partial charge in [0.15, 0.2) is 0 Å². The van der Waals surface area contributed by atoms with E-state index in [0.29, 0.717) is 21.8 Å². The van der Waals surface area contributed by atoms with Gasteiger partial charge in [-0.1, -0.05) is 18.5 Å². The van der Waals surface area contributed by atoms with Crippen LogP contribution in [0, 0.1) is 0 Å². The lowest BCUT2D eigenvalue weighted by Crippen LogP contribution is -2.09. The van der Waals surface area contributed by atoms with Crippen LogP contribution < -0.4 is 11.1 Å². The molecule has 0 saturated carbocycles. The molecule has 15 heavy (non-hydrogen) atoms. The molecule has 1 aromatic heterocycles. The SMILES string of the molecule is CSC(C)CCNc1ncc(N)cc1Cl. The molecule has 0 amide bonds. The highest BCUT2D eigenvalue weighted by molar-refractivity contribution is 7.99. The van der Waals surface area contributed by atoms with Crippen LogP contribution >= 0.6 is 23.4 Å². The van der Waals surface area contributed by atoms with Gasteiger partial charge in [-0.2, -0.15) is 11.8 Å². The molecule has 0 aliphatic carbocycles. The van der Waals surface area contributed by atoms with Crippen molar-refractivity contribution in [2.45, 2.75) is 18.6 Å². The topological polar surface area (TPSA) is 50.9 Å². The summed E-state index contributed by atoms with van der Waals surface area (Å²) in [5, 5.41) is 4.41. The van der Waals surface area contributed by atoms with Crippen molar-refractivity contribution in [3.05, 3.63) is 17.3 Å². The van der Waals surface area contributed by atoms with Crippen molar-refractivity contribution in [2.24, 2.45) is 0 Å². The normalized spacial score (nSPS) is 12.5. The number of rotatable bonds is 5. The van der Waals surface area contributed by atoms with Crippen LogP contribution in [-0.4, -0.2) is 23.0 Å². The van der Waals surface area contributed by atoms with Crippen LogP contribution in [0.5, 0.6) is 0 Å². The second-order valence-electron chi connectivity index (χ2n) is 3.36. The van der Waals surface area contributed by atoms with E-state index in [2.05, 4.69) is 23.5 Å². The molecule has 0 fully saturated rings. The van der Waals surface area contributed by atoms with E-state index in [1.165, 1.54) is 0 Å². The number of aromatic nitrogens is 1. The third-order valence-corrected chi connectivity index (χ3v) is 3.44. The molecule has 0 aromatic carbocycles. The Bertz CT molecular complexity index is 320. The fourth-order valence-corrected chi connectivity index (χ4v) is 1.69. The Morgan fingerprint density at radius 2 is 2.40 bits per heavy atom. The third kappa shape index (κ3) is 4.18. The van der Waals surface area contributed by atoms with Crippen molar-refractivity contribution in [3.8, 4) is 0 Å². The molecule has 0 bridgehead atoms. The number of nitrogen functional groups attached to an aromatic ring is 1. The number of anilines is 2. The minimum Gasteiger partial charge on any atom is -0.397 e. The summed E-state index contributed by atoms with van der Waals surface area (Å²) in [5.41, 5.74) is 6.13. The minimum absolute atomic E-state index is 0.576. The summed E-state index contributed by atoms with van der Waals surface area (Å²) in [6.45, 7) is 3.07. The molecule has 1 rings (SSSR count). The van der Waals surface area contributed by atoms with Gasteiger partial charge in [-0.3, -0.25) is 0 Å². The Morgan fingerprint density at radius 3 is 3.00 bits per heavy atom. The van der Waals surface area contributed by atoms with Gasteiger partial charge >= 0.3 is 0 Å². The molecule has 0 radical (unpaired) electrons. The van der Waals surface area contributed by atoms with Crippen LogP contribution in [-0.2, 0) is 0 Å². The maximum atomic E-state index is 5.97. The van der Waals surface area contributed by atoms with E-state index >= 15 is 0 Å². The predicted octanol–water partition coefficient (Wildman–Crippen LogP) is 2.87. The Balaban J connectivity index is 2.44. The fourth-order valence-electron chi connectivity index (χ4n) is 1.09. The van der Waals surface area contributed by atoms with Crippen LogP contribution in [0.2, 0.25) is 5.02 Å². The van der Waals surface area contributed by atoms with E-state index in [0.717, 1.165) is 13.0 Å². The number of pyridine rings is 1. The van der Waals surface area contributed by atoms with Crippen LogP contribution in [0.25, 0.3) is 0 Å². The summed E-state index contributed by atoms with van der Waals surface area (Å²) >= 11 is 7.82. The van der Waals surface area contributed by atoms with Crippen LogP contribution in [0.1, 0.15) is 13.3 Å². The molecular weight excluding hydrogens is 230 g/mol. The van der Waals surface area contributed by atoms with E-state index in [1.807, 2.05) is 11.8 Å². The molecule has 0 saturated heterocycles. The smallest absolute Gasteiger partial charge is 0.144 e. The van der Waals surface area contributed by atoms with Crippen molar-refractivity contribution in [3.63, 3.8) is 0 Å². The molecule has 1 aromatic rings. The van der Waals surface area contributed by atoms with Gasteiger partial charge in [0.05, 0.1) is 16.9 Å². The molecule has 1 heterocycles. The largest absolute Gasteiger partial charge is 0.397 e. The van der Waals surface area contributed by atoms with Crippen molar-refractivity contribution in [1.82, 2.24) is 4.98 Å². The number of hydrogen-bond donors (Lipinski definition) is 2. The molecule has 0 aliphatic rings. The molecule has 1 atom stereocenters.